The molecule has 1 N–H and O–H groups in total. The molecule has 21 heavy (non-hydrogen) atoms. The van der Waals surface area contributed by atoms with E-state index in [0.717, 1.165) is 30.6 Å². The van der Waals surface area contributed by atoms with Gasteiger partial charge >= 0.3 is 0 Å². The van der Waals surface area contributed by atoms with Gasteiger partial charge in [0.25, 0.3) is 0 Å². The number of hydrogen-bond acceptors (Lipinski definition) is 2. The van der Waals surface area contributed by atoms with Crippen molar-refractivity contribution in [2.75, 3.05) is 13.1 Å². The first-order chi connectivity index (χ1) is 10.0. The fourth-order valence-corrected chi connectivity index (χ4v) is 4.30. The fraction of sp³-hybridized carbons (Fsp3) is 1.00. The molecular formula is C19H38N2. The molecule has 0 aromatic carbocycles. The van der Waals surface area contributed by atoms with Gasteiger partial charge in [-0.3, -0.25) is 4.90 Å². The molecule has 3 unspecified atom stereocenters. The largest absolute Gasteiger partial charge is 0.313 e. The summed E-state index contributed by atoms with van der Waals surface area (Å²) in [5, 5.41) is 3.80. The average Bonchev–Trinajstić information content (AvgIpc) is 3.30. The van der Waals surface area contributed by atoms with Crippen molar-refractivity contribution in [3.63, 3.8) is 0 Å². The Kier molecular flexibility index (Phi) is 6.14. The minimum absolute atomic E-state index is 0.511. The first kappa shape index (κ1) is 17.3. The maximum Gasteiger partial charge on any atom is 0.0255 e. The van der Waals surface area contributed by atoms with Crippen LogP contribution in [0, 0.1) is 11.3 Å². The van der Waals surface area contributed by atoms with Crippen LogP contribution in [0.15, 0.2) is 0 Å². The SMILES string of the molecule is CCCN(C1CC1)C1CC(C(C)(C)CC)CCC1NCC. The smallest absolute Gasteiger partial charge is 0.0255 e. The third-order valence-corrected chi connectivity index (χ3v) is 6.22. The molecule has 0 spiro atoms. The third kappa shape index (κ3) is 4.22. The summed E-state index contributed by atoms with van der Waals surface area (Å²) in [5.74, 6) is 0.903. The van der Waals surface area contributed by atoms with Gasteiger partial charge in [-0.05, 0) is 62.9 Å². The van der Waals surface area contributed by atoms with Crippen molar-refractivity contribution in [1.82, 2.24) is 10.2 Å². The summed E-state index contributed by atoms with van der Waals surface area (Å²) < 4.78 is 0. The standard InChI is InChI=1S/C19H38N2/c1-6-13-21(16-10-11-16)18-14-15(19(4,5)7-2)9-12-17(18)20-8-3/h15-18,20H,6-14H2,1-5H3. The average molecular weight is 295 g/mol. The zero-order valence-electron chi connectivity index (χ0n) is 15.1. The summed E-state index contributed by atoms with van der Waals surface area (Å²) in [4.78, 5) is 2.88. The van der Waals surface area contributed by atoms with Gasteiger partial charge in [0.1, 0.15) is 0 Å². The zero-order chi connectivity index (χ0) is 15.5. The van der Waals surface area contributed by atoms with Gasteiger partial charge in [0, 0.05) is 18.1 Å². The van der Waals surface area contributed by atoms with Gasteiger partial charge < -0.3 is 5.32 Å². The molecule has 124 valence electrons. The molecule has 0 aromatic heterocycles. The number of likely N-dealkylation sites (N-methyl/N-ethyl adjacent to an activating group) is 1. The van der Waals surface area contributed by atoms with Crippen molar-refractivity contribution in [2.24, 2.45) is 11.3 Å². The molecule has 0 radical (unpaired) electrons. The van der Waals surface area contributed by atoms with E-state index >= 15 is 0 Å². The maximum atomic E-state index is 3.80. The van der Waals surface area contributed by atoms with E-state index in [1.54, 1.807) is 0 Å². The number of rotatable bonds is 8. The highest BCUT2D eigenvalue weighted by Gasteiger charge is 2.42. The molecule has 2 saturated carbocycles. The summed E-state index contributed by atoms with van der Waals surface area (Å²) in [6.07, 6.45) is 9.70. The van der Waals surface area contributed by atoms with E-state index in [1.807, 2.05) is 0 Å². The highest BCUT2D eigenvalue weighted by Crippen LogP contribution is 2.43. The van der Waals surface area contributed by atoms with Crippen LogP contribution < -0.4 is 5.32 Å². The van der Waals surface area contributed by atoms with Crippen molar-refractivity contribution < 1.29 is 0 Å². The molecule has 2 fully saturated rings. The fourth-order valence-electron chi connectivity index (χ4n) is 4.30. The Morgan fingerprint density at radius 2 is 1.76 bits per heavy atom. The third-order valence-electron chi connectivity index (χ3n) is 6.22. The molecule has 2 aliphatic rings. The first-order valence-corrected chi connectivity index (χ1v) is 9.52. The Bertz CT molecular complexity index is 309. The second-order valence-corrected chi connectivity index (χ2v) is 8.05. The van der Waals surface area contributed by atoms with Crippen LogP contribution >= 0.6 is 0 Å². The highest BCUT2D eigenvalue weighted by molar-refractivity contribution is 4.99. The molecule has 2 nitrogen and oxygen atoms in total. The van der Waals surface area contributed by atoms with Crippen LogP contribution in [0.4, 0.5) is 0 Å². The Hall–Kier alpha value is -0.0800. The molecule has 3 atom stereocenters. The Morgan fingerprint density at radius 3 is 2.29 bits per heavy atom. The van der Waals surface area contributed by atoms with Crippen LogP contribution in [0.2, 0.25) is 0 Å². The van der Waals surface area contributed by atoms with Gasteiger partial charge in [-0.1, -0.05) is 41.0 Å². The molecule has 0 amide bonds. The van der Waals surface area contributed by atoms with Gasteiger partial charge in [-0.25, -0.2) is 0 Å². The molecule has 0 heterocycles. The van der Waals surface area contributed by atoms with Crippen molar-refractivity contribution in [3.8, 4) is 0 Å². The first-order valence-electron chi connectivity index (χ1n) is 9.52. The second kappa shape index (κ2) is 7.46. The van der Waals surface area contributed by atoms with Crippen molar-refractivity contribution >= 4 is 0 Å². The molecule has 2 heteroatoms. The summed E-state index contributed by atoms with van der Waals surface area (Å²) in [5.41, 5.74) is 0.511. The molecule has 2 rings (SSSR count). The van der Waals surface area contributed by atoms with E-state index in [4.69, 9.17) is 0 Å². The van der Waals surface area contributed by atoms with Crippen LogP contribution in [-0.4, -0.2) is 36.1 Å². The van der Waals surface area contributed by atoms with Crippen LogP contribution in [0.3, 0.4) is 0 Å². The molecule has 0 bridgehead atoms. The summed E-state index contributed by atoms with van der Waals surface area (Å²) >= 11 is 0. The summed E-state index contributed by atoms with van der Waals surface area (Å²) in [6.45, 7) is 14.4. The predicted octanol–water partition coefficient (Wildman–Crippen LogP) is 4.44. The lowest BCUT2D eigenvalue weighted by atomic mass is 9.67. The van der Waals surface area contributed by atoms with Gasteiger partial charge in [-0.15, -0.1) is 0 Å². The van der Waals surface area contributed by atoms with Gasteiger partial charge in [0.15, 0.2) is 0 Å². The predicted molar refractivity (Wildman–Crippen MR) is 92.7 cm³/mol. The minimum Gasteiger partial charge on any atom is -0.313 e. The Balaban J connectivity index is 2.10. The van der Waals surface area contributed by atoms with Gasteiger partial charge in [0.05, 0.1) is 0 Å². The minimum atomic E-state index is 0.511. The van der Waals surface area contributed by atoms with E-state index in [1.165, 1.54) is 51.5 Å². The normalized spacial score (nSPS) is 30.9. The van der Waals surface area contributed by atoms with Crippen LogP contribution in [-0.2, 0) is 0 Å². The maximum absolute atomic E-state index is 3.80. The van der Waals surface area contributed by atoms with E-state index in [9.17, 15) is 0 Å². The Labute approximate surface area is 133 Å². The van der Waals surface area contributed by atoms with E-state index < -0.39 is 0 Å². The number of nitrogens with one attached hydrogen (secondary N) is 1. The lowest BCUT2D eigenvalue weighted by molar-refractivity contribution is 0.0457. The van der Waals surface area contributed by atoms with Crippen LogP contribution in [0.5, 0.6) is 0 Å². The molecule has 0 aromatic rings. The van der Waals surface area contributed by atoms with Crippen molar-refractivity contribution in [2.45, 2.75) is 97.7 Å². The number of hydrogen-bond donors (Lipinski definition) is 1. The van der Waals surface area contributed by atoms with Crippen molar-refractivity contribution in [1.29, 1.82) is 0 Å². The quantitative estimate of drug-likeness (QED) is 0.712. The van der Waals surface area contributed by atoms with E-state index in [-0.39, 0.29) is 0 Å². The van der Waals surface area contributed by atoms with Crippen molar-refractivity contribution in [3.05, 3.63) is 0 Å². The van der Waals surface area contributed by atoms with Crippen LogP contribution in [0.1, 0.15) is 79.6 Å². The van der Waals surface area contributed by atoms with Gasteiger partial charge in [0.2, 0.25) is 0 Å². The molecule has 2 aliphatic carbocycles. The lowest BCUT2D eigenvalue weighted by Crippen LogP contribution is -2.55. The monoisotopic (exact) mass is 294 g/mol. The molecule has 0 saturated heterocycles. The topological polar surface area (TPSA) is 15.3 Å². The van der Waals surface area contributed by atoms with Gasteiger partial charge in [-0.2, -0.15) is 0 Å². The second-order valence-electron chi connectivity index (χ2n) is 8.05. The molecular weight excluding hydrogens is 256 g/mol. The van der Waals surface area contributed by atoms with E-state index in [0.29, 0.717) is 5.41 Å². The van der Waals surface area contributed by atoms with E-state index in [2.05, 4.69) is 44.8 Å². The number of nitrogens with zero attached hydrogens (tertiary/aromatic N) is 1. The lowest BCUT2D eigenvalue weighted by Gasteiger charge is -2.47. The molecule has 0 aliphatic heterocycles. The summed E-state index contributed by atoms with van der Waals surface area (Å²) in [7, 11) is 0. The zero-order valence-corrected chi connectivity index (χ0v) is 15.1. The van der Waals surface area contributed by atoms with Crippen LogP contribution in [0.25, 0.3) is 0 Å². The highest BCUT2D eigenvalue weighted by atomic mass is 15.2. The summed E-state index contributed by atoms with van der Waals surface area (Å²) in [6, 6.07) is 2.41. The Morgan fingerprint density at radius 1 is 1.05 bits per heavy atom.